The van der Waals surface area contributed by atoms with Gasteiger partial charge >= 0.3 is 6.03 Å². The van der Waals surface area contributed by atoms with Crippen molar-refractivity contribution < 1.29 is 9.90 Å². The number of nitrogens with zero attached hydrogens (tertiary/aromatic N) is 1. The van der Waals surface area contributed by atoms with Crippen LogP contribution in [0.4, 0.5) is 10.5 Å². The molecule has 1 fully saturated rings. The zero-order valence-electron chi connectivity index (χ0n) is 13.8. The zero-order chi connectivity index (χ0) is 15.9. The summed E-state index contributed by atoms with van der Waals surface area (Å²) in [6.07, 6.45) is 5.81. The third-order valence-electron chi connectivity index (χ3n) is 4.27. The Morgan fingerprint density at radius 3 is 2.55 bits per heavy atom. The average molecular weight is 304 g/mol. The van der Waals surface area contributed by atoms with Gasteiger partial charge < -0.3 is 15.3 Å². The molecule has 4 heteroatoms. The maximum Gasteiger partial charge on any atom is 0.322 e. The number of nitrogens with one attached hydrogen (secondary N) is 1. The highest BCUT2D eigenvalue weighted by atomic mass is 16.3. The van der Waals surface area contributed by atoms with Crippen LogP contribution in [0.15, 0.2) is 18.2 Å². The number of unbranched alkanes of at least 4 members (excludes halogenated alkanes) is 1. The highest BCUT2D eigenvalue weighted by molar-refractivity contribution is 5.89. The van der Waals surface area contributed by atoms with Gasteiger partial charge in [-0.3, -0.25) is 0 Å². The SMILES string of the molecule is CCc1ccc(NC(=O)N(CCCCO)C2CC2)cc1CC. The van der Waals surface area contributed by atoms with E-state index < -0.39 is 0 Å². The molecule has 2 rings (SSSR count). The van der Waals surface area contributed by atoms with Crippen LogP contribution in [0.1, 0.15) is 50.7 Å². The van der Waals surface area contributed by atoms with Crippen molar-refractivity contribution in [3.63, 3.8) is 0 Å². The number of aryl methyl sites for hydroxylation is 2. The molecule has 0 heterocycles. The maximum absolute atomic E-state index is 12.5. The molecule has 0 spiro atoms. The second-order valence-corrected chi connectivity index (χ2v) is 5.98. The number of hydrogen-bond acceptors (Lipinski definition) is 2. The highest BCUT2D eigenvalue weighted by Gasteiger charge is 2.32. The van der Waals surface area contributed by atoms with Crippen LogP contribution in [0, 0.1) is 0 Å². The third-order valence-corrected chi connectivity index (χ3v) is 4.27. The average Bonchev–Trinajstić information content (AvgIpc) is 3.36. The maximum atomic E-state index is 12.5. The molecule has 0 aromatic heterocycles. The lowest BCUT2D eigenvalue weighted by atomic mass is 10.0. The molecule has 0 aliphatic heterocycles. The molecule has 1 aromatic carbocycles. The van der Waals surface area contributed by atoms with Gasteiger partial charge in [0.15, 0.2) is 0 Å². The molecule has 1 aliphatic carbocycles. The normalized spacial score (nSPS) is 14.0. The van der Waals surface area contributed by atoms with Crippen molar-refractivity contribution in [1.82, 2.24) is 4.90 Å². The second-order valence-electron chi connectivity index (χ2n) is 5.98. The van der Waals surface area contributed by atoms with E-state index in [-0.39, 0.29) is 12.6 Å². The van der Waals surface area contributed by atoms with E-state index in [2.05, 4.69) is 31.3 Å². The Balaban J connectivity index is 1.99. The number of aliphatic hydroxyl groups excluding tert-OH is 1. The Morgan fingerprint density at radius 2 is 1.95 bits per heavy atom. The Hall–Kier alpha value is -1.55. The second kappa shape index (κ2) is 8.18. The van der Waals surface area contributed by atoms with Crippen LogP contribution in [-0.4, -0.2) is 35.2 Å². The minimum Gasteiger partial charge on any atom is -0.396 e. The van der Waals surface area contributed by atoms with Gasteiger partial charge in [0.25, 0.3) is 0 Å². The van der Waals surface area contributed by atoms with Crippen LogP contribution >= 0.6 is 0 Å². The van der Waals surface area contributed by atoms with Crippen LogP contribution in [0.2, 0.25) is 0 Å². The van der Waals surface area contributed by atoms with Gasteiger partial charge in [-0.1, -0.05) is 19.9 Å². The summed E-state index contributed by atoms with van der Waals surface area (Å²) in [5, 5.41) is 11.9. The Labute approximate surface area is 133 Å². The number of urea groups is 1. The predicted molar refractivity (Wildman–Crippen MR) is 90.3 cm³/mol. The van der Waals surface area contributed by atoms with Crippen molar-refractivity contribution >= 4 is 11.7 Å². The summed E-state index contributed by atoms with van der Waals surface area (Å²) in [4.78, 5) is 14.4. The lowest BCUT2D eigenvalue weighted by molar-refractivity contribution is 0.204. The third kappa shape index (κ3) is 4.47. The van der Waals surface area contributed by atoms with Gasteiger partial charge in [0, 0.05) is 24.9 Å². The van der Waals surface area contributed by atoms with Crippen molar-refractivity contribution in [3.8, 4) is 0 Å². The van der Waals surface area contributed by atoms with Gasteiger partial charge in [-0.2, -0.15) is 0 Å². The fourth-order valence-corrected chi connectivity index (χ4v) is 2.80. The van der Waals surface area contributed by atoms with Crippen LogP contribution < -0.4 is 5.32 Å². The minimum absolute atomic E-state index is 0.00765. The number of carbonyl (C=O) groups is 1. The van der Waals surface area contributed by atoms with Gasteiger partial charge in [0.05, 0.1) is 0 Å². The van der Waals surface area contributed by atoms with Crippen molar-refractivity contribution in [1.29, 1.82) is 0 Å². The molecule has 1 saturated carbocycles. The van der Waals surface area contributed by atoms with Crippen molar-refractivity contribution in [2.75, 3.05) is 18.5 Å². The summed E-state index contributed by atoms with van der Waals surface area (Å²) in [5.74, 6) is 0. The van der Waals surface area contributed by atoms with Crippen LogP contribution in [0.5, 0.6) is 0 Å². The lowest BCUT2D eigenvalue weighted by Crippen LogP contribution is -2.37. The summed E-state index contributed by atoms with van der Waals surface area (Å²) >= 11 is 0. The predicted octanol–water partition coefficient (Wildman–Crippen LogP) is 3.58. The molecule has 22 heavy (non-hydrogen) atoms. The number of aliphatic hydroxyl groups is 1. The molecule has 4 nitrogen and oxygen atoms in total. The Kier molecular flexibility index (Phi) is 6.25. The summed E-state index contributed by atoms with van der Waals surface area (Å²) in [5.41, 5.74) is 3.54. The summed E-state index contributed by atoms with van der Waals surface area (Å²) < 4.78 is 0. The van der Waals surface area contributed by atoms with Crippen molar-refractivity contribution in [3.05, 3.63) is 29.3 Å². The van der Waals surface area contributed by atoms with E-state index in [4.69, 9.17) is 5.11 Å². The smallest absolute Gasteiger partial charge is 0.322 e. The Morgan fingerprint density at radius 1 is 1.23 bits per heavy atom. The summed E-state index contributed by atoms with van der Waals surface area (Å²) in [7, 11) is 0. The largest absolute Gasteiger partial charge is 0.396 e. The van der Waals surface area contributed by atoms with Gasteiger partial charge in [0.2, 0.25) is 0 Å². The number of carbonyl (C=O) groups excluding carboxylic acids is 1. The Bertz CT molecular complexity index is 498. The van der Waals surface area contributed by atoms with E-state index in [0.717, 1.165) is 50.8 Å². The van der Waals surface area contributed by atoms with Gasteiger partial charge in [0.1, 0.15) is 0 Å². The first-order chi connectivity index (χ1) is 10.7. The first-order valence-electron chi connectivity index (χ1n) is 8.49. The van der Waals surface area contributed by atoms with E-state index in [1.807, 2.05) is 11.0 Å². The molecule has 0 unspecified atom stereocenters. The van der Waals surface area contributed by atoms with Crippen LogP contribution in [-0.2, 0) is 12.8 Å². The number of hydrogen-bond donors (Lipinski definition) is 2. The number of benzene rings is 1. The number of amides is 2. The van der Waals surface area contributed by atoms with Crippen LogP contribution in [0.25, 0.3) is 0 Å². The van der Waals surface area contributed by atoms with Crippen molar-refractivity contribution in [2.45, 2.75) is 58.4 Å². The molecule has 2 N–H and O–H groups in total. The molecule has 0 atom stereocenters. The fraction of sp³-hybridized carbons (Fsp3) is 0.611. The molecule has 1 aliphatic rings. The van der Waals surface area contributed by atoms with Crippen LogP contribution in [0.3, 0.4) is 0 Å². The van der Waals surface area contributed by atoms with E-state index in [1.165, 1.54) is 11.1 Å². The van der Waals surface area contributed by atoms with E-state index in [1.54, 1.807) is 0 Å². The number of anilines is 1. The van der Waals surface area contributed by atoms with E-state index in [0.29, 0.717) is 6.04 Å². The first-order valence-corrected chi connectivity index (χ1v) is 8.49. The summed E-state index contributed by atoms with van der Waals surface area (Å²) in [6, 6.07) is 6.58. The molecular formula is C18H28N2O2. The first kappa shape index (κ1) is 16.8. The molecule has 122 valence electrons. The number of rotatable bonds is 8. The zero-order valence-corrected chi connectivity index (χ0v) is 13.8. The van der Waals surface area contributed by atoms with E-state index >= 15 is 0 Å². The topological polar surface area (TPSA) is 52.6 Å². The monoisotopic (exact) mass is 304 g/mol. The van der Waals surface area contributed by atoms with E-state index in [9.17, 15) is 4.79 Å². The molecule has 2 amide bonds. The quantitative estimate of drug-likeness (QED) is 0.721. The standard InChI is InChI=1S/C18H28N2O2/c1-3-14-7-8-16(13-15(14)4-2)19-18(22)20(17-9-10-17)11-5-6-12-21/h7-8,13,17,21H,3-6,9-12H2,1-2H3,(H,19,22). The highest BCUT2D eigenvalue weighted by Crippen LogP contribution is 2.28. The lowest BCUT2D eigenvalue weighted by Gasteiger charge is -2.23. The summed E-state index contributed by atoms with van der Waals surface area (Å²) in [6.45, 7) is 5.22. The molecule has 0 bridgehead atoms. The van der Waals surface area contributed by atoms with Crippen molar-refractivity contribution in [2.24, 2.45) is 0 Å². The molecule has 1 aromatic rings. The molecule has 0 radical (unpaired) electrons. The fourth-order valence-electron chi connectivity index (χ4n) is 2.80. The molecular weight excluding hydrogens is 276 g/mol. The van der Waals surface area contributed by atoms with Gasteiger partial charge in [-0.05, 0) is 61.8 Å². The molecule has 0 saturated heterocycles. The van der Waals surface area contributed by atoms with Gasteiger partial charge in [-0.25, -0.2) is 4.79 Å². The van der Waals surface area contributed by atoms with Gasteiger partial charge in [-0.15, -0.1) is 0 Å². The minimum atomic E-state index is -0.00765.